The molecule has 2 aromatic rings. The van der Waals surface area contributed by atoms with Crippen molar-refractivity contribution in [2.45, 2.75) is 17.5 Å². The zero-order valence-corrected chi connectivity index (χ0v) is 16.1. The molecular weight excluding hydrogens is 518 g/mol. The normalized spacial score (nSPS) is 24.6. The molecule has 0 N–H and O–H groups in total. The van der Waals surface area contributed by atoms with Gasteiger partial charge in [0, 0.05) is 5.56 Å². The number of hydrogen-bond donors (Lipinski definition) is 0. The van der Waals surface area contributed by atoms with Gasteiger partial charge in [0.05, 0.1) is 11.5 Å². The fourth-order valence-corrected chi connectivity index (χ4v) is 4.28. The summed E-state index contributed by atoms with van der Waals surface area (Å²) in [6.07, 6.45) is -4.31. The molecule has 0 radical (unpaired) electrons. The van der Waals surface area contributed by atoms with Crippen LogP contribution >= 0.6 is 0 Å². The quantitative estimate of drug-likeness (QED) is 0.213. The van der Waals surface area contributed by atoms with Crippen LogP contribution in [0.15, 0.2) is 41.3 Å². The number of alkyl halides is 1. The zero-order valence-electron chi connectivity index (χ0n) is 16.1. The third-order valence-electron chi connectivity index (χ3n) is 5.78. The van der Waals surface area contributed by atoms with Gasteiger partial charge in [0.1, 0.15) is 11.2 Å². The number of benzene rings is 2. The highest BCUT2D eigenvalue weighted by atomic mass is 19.2. The molecule has 2 aliphatic carbocycles. The van der Waals surface area contributed by atoms with E-state index in [1.165, 1.54) is 0 Å². The summed E-state index contributed by atoms with van der Waals surface area (Å²) < 4.78 is 201. The lowest BCUT2D eigenvalue weighted by atomic mass is 9.61. The number of fused-ring (bicyclic) bond motifs is 1. The minimum Gasteiger partial charge on any atom is -0.238 e. The van der Waals surface area contributed by atoms with Crippen molar-refractivity contribution in [3.05, 3.63) is 98.7 Å². The second-order valence-electron chi connectivity index (χ2n) is 7.39. The molecule has 0 fully saturated rings. The summed E-state index contributed by atoms with van der Waals surface area (Å²) in [4.78, 5) is 0. The van der Waals surface area contributed by atoms with E-state index in [4.69, 9.17) is 0 Å². The van der Waals surface area contributed by atoms with Gasteiger partial charge in [0.15, 0.2) is 70.2 Å². The summed E-state index contributed by atoms with van der Waals surface area (Å²) in [7, 11) is 0. The second kappa shape index (κ2) is 7.85. The Balaban J connectivity index is 2.27. The van der Waals surface area contributed by atoms with Gasteiger partial charge in [0.25, 0.3) is 0 Å². The van der Waals surface area contributed by atoms with Crippen LogP contribution in [-0.2, 0) is 5.41 Å². The van der Waals surface area contributed by atoms with Crippen molar-refractivity contribution in [1.82, 2.24) is 0 Å². The Kier molecular flexibility index (Phi) is 5.56. The maximum atomic E-state index is 15.3. The summed E-state index contributed by atoms with van der Waals surface area (Å²) in [5.41, 5.74) is -10.7. The fourth-order valence-electron chi connectivity index (χ4n) is 4.28. The number of allylic oxidation sites excluding steroid dienone is 5. The molecule has 0 bridgehead atoms. The molecule has 0 saturated carbocycles. The van der Waals surface area contributed by atoms with Crippen LogP contribution in [0.25, 0.3) is 5.83 Å². The Bertz CT molecular complexity index is 1370. The second-order valence-corrected chi connectivity index (χ2v) is 7.39. The van der Waals surface area contributed by atoms with Crippen molar-refractivity contribution in [2.75, 3.05) is 0 Å². The Hall–Kier alpha value is -3.32. The molecule has 0 amide bonds. The topological polar surface area (TPSA) is 0 Å². The largest absolute Gasteiger partial charge is 0.238 e. The van der Waals surface area contributed by atoms with Crippen molar-refractivity contribution in [2.24, 2.45) is 0 Å². The lowest BCUT2D eigenvalue weighted by molar-refractivity contribution is 0.137. The minimum atomic E-state index is -4.73. The molecule has 35 heavy (non-hydrogen) atoms. The highest BCUT2D eigenvalue weighted by molar-refractivity contribution is 5.75. The van der Waals surface area contributed by atoms with Gasteiger partial charge < -0.3 is 0 Å². The van der Waals surface area contributed by atoms with Crippen molar-refractivity contribution in [3.63, 3.8) is 0 Å². The maximum Gasteiger partial charge on any atom is 0.200 e. The van der Waals surface area contributed by atoms with Crippen LogP contribution in [0.1, 0.15) is 22.6 Å². The van der Waals surface area contributed by atoms with Crippen LogP contribution in [0, 0.1) is 40.7 Å². The molecular formula is C21H4F14. The summed E-state index contributed by atoms with van der Waals surface area (Å²) in [6, 6.07) is 0.267. The van der Waals surface area contributed by atoms with Gasteiger partial charge in [-0.2, -0.15) is 0 Å². The van der Waals surface area contributed by atoms with Gasteiger partial charge in [0.2, 0.25) is 5.82 Å². The van der Waals surface area contributed by atoms with Crippen molar-refractivity contribution in [3.8, 4) is 0 Å². The highest BCUT2D eigenvalue weighted by Gasteiger charge is 2.65. The van der Waals surface area contributed by atoms with Crippen LogP contribution in [0.2, 0.25) is 0 Å². The molecule has 0 nitrogen and oxygen atoms in total. The molecule has 0 saturated heterocycles. The van der Waals surface area contributed by atoms with E-state index in [2.05, 4.69) is 0 Å². The van der Waals surface area contributed by atoms with Gasteiger partial charge in [-0.25, -0.2) is 61.5 Å². The molecule has 4 rings (SSSR count). The predicted octanol–water partition coefficient (Wildman–Crippen LogP) is 7.96. The lowest BCUT2D eigenvalue weighted by Crippen LogP contribution is -2.48. The Morgan fingerprint density at radius 1 is 0.543 bits per heavy atom. The smallest absolute Gasteiger partial charge is 0.200 e. The summed E-state index contributed by atoms with van der Waals surface area (Å²) in [5, 5.41) is 0. The lowest BCUT2D eigenvalue weighted by Gasteiger charge is -2.42. The standard InChI is InChI=1S/C21H4F14/c22-4-2-1-3-5(8(4)23)9(24)10(25)6(3)21(19(34)17(32)16(31)18(33)20(21)35)7-11(26)13(28)15(30)14(29)12(7)27/h1-2,6,19H. The van der Waals surface area contributed by atoms with Crippen LogP contribution in [0.5, 0.6) is 0 Å². The highest BCUT2D eigenvalue weighted by Crippen LogP contribution is 2.63. The van der Waals surface area contributed by atoms with E-state index in [9.17, 15) is 48.3 Å². The zero-order chi connectivity index (χ0) is 26.3. The first-order valence-corrected chi connectivity index (χ1v) is 9.03. The van der Waals surface area contributed by atoms with Crippen LogP contribution < -0.4 is 0 Å². The molecule has 2 aromatic carbocycles. The van der Waals surface area contributed by atoms with E-state index in [0.29, 0.717) is 0 Å². The first kappa shape index (κ1) is 24.8. The van der Waals surface area contributed by atoms with E-state index >= 15 is 13.2 Å². The monoisotopic (exact) mass is 522 g/mol. The average molecular weight is 522 g/mol. The number of hydrogen-bond acceptors (Lipinski definition) is 0. The molecule has 0 aliphatic heterocycles. The van der Waals surface area contributed by atoms with E-state index in [1.807, 2.05) is 0 Å². The molecule has 3 unspecified atom stereocenters. The first-order chi connectivity index (χ1) is 16.2. The van der Waals surface area contributed by atoms with Crippen LogP contribution in [0.3, 0.4) is 0 Å². The Morgan fingerprint density at radius 2 is 1.06 bits per heavy atom. The number of halogens is 14. The summed E-state index contributed by atoms with van der Waals surface area (Å²) in [5.74, 6) is -40.0. The SMILES string of the molecule is FC1=C(F)C(F)C(c2c(F)c(F)c(F)c(F)c2F)(C2C(F)=C(F)c3c2ccc(F)c3F)C(F)=C1F. The summed E-state index contributed by atoms with van der Waals surface area (Å²) >= 11 is 0. The average Bonchev–Trinajstić information content (AvgIpc) is 3.09. The minimum absolute atomic E-state index is 0.0834. The Morgan fingerprint density at radius 3 is 1.60 bits per heavy atom. The molecule has 0 spiro atoms. The molecule has 0 aromatic heterocycles. The van der Waals surface area contributed by atoms with Crippen molar-refractivity contribution < 1.29 is 61.5 Å². The third kappa shape index (κ3) is 2.88. The molecule has 0 heterocycles. The van der Waals surface area contributed by atoms with Crippen LogP contribution in [-0.4, -0.2) is 6.17 Å². The van der Waals surface area contributed by atoms with E-state index in [-0.39, 0.29) is 12.1 Å². The van der Waals surface area contributed by atoms with Gasteiger partial charge in [-0.1, -0.05) is 6.07 Å². The van der Waals surface area contributed by atoms with Gasteiger partial charge in [-0.15, -0.1) is 0 Å². The van der Waals surface area contributed by atoms with Crippen LogP contribution in [0.4, 0.5) is 61.5 Å². The number of rotatable bonds is 2. The predicted molar refractivity (Wildman–Crippen MR) is 89.5 cm³/mol. The van der Waals surface area contributed by atoms with Gasteiger partial charge in [-0.3, -0.25) is 0 Å². The molecule has 186 valence electrons. The maximum absolute atomic E-state index is 15.3. The van der Waals surface area contributed by atoms with E-state index in [1.54, 1.807) is 0 Å². The molecule has 3 atom stereocenters. The van der Waals surface area contributed by atoms with E-state index < -0.39 is 110 Å². The molecule has 14 heteroatoms. The summed E-state index contributed by atoms with van der Waals surface area (Å²) in [6.45, 7) is 0. The van der Waals surface area contributed by atoms with Crippen molar-refractivity contribution >= 4 is 5.83 Å². The van der Waals surface area contributed by atoms with E-state index in [0.717, 1.165) is 0 Å². The van der Waals surface area contributed by atoms with Gasteiger partial charge in [-0.05, 0) is 11.6 Å². The fraction of sp³-hybridized carbons (Fsp3) is 0.143. The first-order valence-electron chi connectivity index (χ1n) is 9.03. The third-order valence-corrected chi connectivity index (χ3v) is 5.78. The van der Waals surface area contributed by atoms with Crippen molar-refractivity contribution in [1.29, 1.82) is 0 Å². The van der Waals surface area contributed by atoms with Gasteiger partial charge >= 0.3 is 0 Å². The Labute approximate surface area is 184 Å². The molecule has 2 aliphatic rings.